The Bertz CT molecular complexity index is 520. The molecule has 1 unspecified atom stereocenters. The quantitative estimate of drug-likeness (QED) is 0.873. The average Bonchev–Trinajstić information content (AvgIpc) is 2.66. The number of aromatic nitrogens is 4. The van der Waals surface area contributed by atoms with Crippen LogP contribution in [0.1, 0.15) is 11.5 Å². The largest absolute Gasteiger partial charge is 0.282 e. The number of halogens is 1. The molecule has 0 fully saturated rings. The van der Waals surface area contributed by atoms with Gasteiger partial charge in [-0.3, -0.25) is 9.28 Å². The summed E-state index contributed by atoms with van der Waals surface area (Å²) >= 11 is 4.64. The number of nitrogens with zero attached hydrogens (tertiary/aromatic N) is 3. The zero-order valence-electron chi connectivity index (χ0n) is 8.15. The van der Waals surface area contributed by atoms with Gasteiger partial charge in [-0.2, -0.15) is 4.63 Å². The highest BCUT2D eigenvalue weighted by atomic mass is 35.5. The van der Waals surface area contributed by atoms with E-state index < -0.39 is 11.1 Å². The number of hydrogen-bond donors (Lipinski definition) is 1. The van der Waals surface area contributed by atoms with Crippen LogP contribution in [0.3, 0.4) is 0 Å². The monoisotopic (exact) mass is 248 g/mol. The summed E-state index contributed by atoms with van der Waals surface area (Å²) in [5, 5.41) is 7.52. The van der Waals surface area contributed by atoms with Gasteiger partial charge >= 0.3 is 0 Å². The molecule has 1 atom stereocenters. The van der Waals surface area contributed by atoms with Crippen LogP contribution in [-0.4, -0.2) is 30.3 Å². The zero-order valence-corrected chi connectivity index (χ0v) is 9.72. The number of H-pyrrole nitrogens is 1. The molecule has 0 radical (unpaired) electrons. The van der Waals surface area contributed by atoms with E-state index >= 15 is 0 Å². The Labute approximate surface area is 93.2 Å². The predicted octanol–water partition coefficient (Wildman–Crippen LogP) is 0.829. The van der Waals surface area contributed by atoms with Crippen LogP contribution in [0.2, 0.25) is 5.02 Å². The average molecular weight is 249 g/mol. The van der Waals surface area contributed by atoms with Crippen LogP contribution in [0.4, 0.5) is 0 Å². The maximum Gasteiger partial charge on any atom is 0.194 e. The van der Waals surface area contributed by atoms with Crippen molar-refractivity contribution in [2.75, 3.05) is 6.26 Å². The minimum absolute atomic E-state index is 0.105. The van der Waals surface area contributed by atoms with Crippen molar-refractivity contribution in [1.29, 1.82) is 0 Å². The van der Waals surface area contributed by atoms with Crippen LogP contribution in [0.25, 0.3) is 5.65 Å². The third-order valence-corrected chi connectivity index (χ3v) is 2.71. The topological polar surface area (TPSA) is 72.3 Å². The third kappa shape index (κ3) is 2.04. The lowest BCUT2D eigenvalue weighted by atomic mass is 10.5. The van der Waals surface area contributed by atoms with Gasteiger partial charge in [-0.15, -0.1) is 5.10 Å². The summed E-state index contributed by atoms with van der Waals surface area (Å²) in [5.74, 6) is 0.443. The fraction of sp³-hybridized carbons (Fsp3) is 0.429. The molecular formula is C7H9ClN4O2S. The Morgan fingerprint density at radius 2 is 2.40 bits per heavy atom. The number of rotatable bonds is 3. The Kier molecular flexibility index (Phi) is 2.76. The smallest absolute Gasteiger partial charge is 0.194 e. The van der Waals surface area contributed by atoms with Gasteiger partial charge in [0, 0.05) is 6.26 Å². The molecule has 0 saturated heterocycles. The number of fused-ring (bicyclic) bond motifs is 1. The van der Waals surface area contributed by atoms with Crippen molar-refractivity contribution >= 4 is 28.3 Å². The van der Waals surface area contributed by atoms with Crippen molar-refractivity contribution in [3.8, 4) is 0 Å². The minimum Gasteiger partial charge on any atom is -0.282 e. The lowest BCUT2D eigenvalue weighted by Gasteiger charge is -1.92. The summed E-state index contributed by atoms with van der Waals surface area (Å²) < 4.78 is 17.0. The van der Waals surface area contributed by atoms with Crippen LogP contribution in [-0.2, 0) is 21.9 Å². The van der Waals surface area contributed by atoms with Gasteiger partial charge in [0.05, 0.1) is 5.69 Å². The van der Waals surface area contributed by atoms with Gasteiger partial charge in [0.1, 0.15) is 11.6 Å². The van der Waals surface area contributed by atoms with Crippen molar-refractivity contribution in [2.45, 2.75) is 13.5 Å². The van der Waals surface area contributed by atoms with Crippen molar-refractivity contribution in [3.63, 3.8) is 0 Å². The van der Waals surface area contributed by atoms with Crippen molar-refractivity contribution < 1.29 is 8.39 Å². The summed E-state index contributed by atoms with van der Waals surface area (Å²) in [4.78, 5) is 4.13. The molecule has 15 heavy (non-hydrogen) atoms. The van der Waals surface area contributed by atoms with E-state index in [2.05, 4.69) is 15.2 Å². The molecule has 0 aliphatic rings. The fourth-order valence-electron chi connectivity index (χ4n) is 1.15. The van der Waals surface area contributed by atoms with E-state index in [0.717, 1.165) is 5.69 Å². The molecular weight excluding hydrogens is 240 g/mol. The van der Waals surface area contributed by atoms with Gasteiger partial charge < -0.3 is 0 Å². The SMILES string of the molecule is Cc1[nH]n2nc(COS(C)=O)nc2c1Cl. The Hall–Kier alpha value is -0.920. The zero-order chi connectivity index (χ0) is 11.0. The van der Waals surface area contributed by atoms with Gasteiger partial charge in [-0.05, 0) is 6.92 Å². The number of nitrogens with one attached hydrogen (secondary N) is 1. The molecule has 1 N–H and O–H groups in total. The Morgan fingerprint density at radius 1 is 1.67 bits per heavy atom. The van der Waals surface area contributed by atoms with Gasteiger partial charge in [0.2, 0.25) is 0 Å². The summed E-state index contributed by atoms with van der Waals surface area (Å²) in [5.41, 5.74) is 1.35. The molecule has 0 aromatic carbocycles. The molecule has 0 aliphatic heterocycles. The second kappa shape index (κ2) is 3.92. The normalized spacial score (nSPS) is 13.5. The van der Waals surface area contributed by atoms with E-state index in [1.807, 2.05) is 6.92 Å². The van der Waals surface area contributed by atoms with Crippen molar-refractivity contribution in [2.24, 2.45) is 0 Å². The fourth-order valence-corrected chi connectivity index (χ4v) is 1.58. The van der Waals surface area contributed by atoms with Crippen LogP contribution in [0.15, 0.2) is 0 Å². The lowest BCUT2D eigenvalue weighted by Crippen LogP contribution is -1.98. The van der Waals surface area contributed by atoms with Gasteiger partial charge in [-0.25, -0.2) is 9.19 Å². The Balaban J connectivity index is 2.28. The van der Waals surface area contributed by atoms with Crippen LogP contribution in [0.5, 0.6) is 0 Å². The summed E-state index contributed by atoms with van der Waals surface area (Å²) in [6, 6.07) is 0. The number of aryl methyl sites for hydroxylation is 1. The van der Waals surface area contributed by atoms with Crippen LogP contribution >= 0.6 is 11.6 Å². The molecule has 0 aliphatic carbocycles. The highest BCUT2D eigenvalue weighted by Gasteiger charge is 2.11. The van der Waals surface area contributed by atoms with E-state index in [4.69, 9.17) is 15.8 Å². The van der Waals surface area contributed by atoms with E-state index in [1.54, 1.807) is 0 Å². The number of aromatic amines is 1. The van der Waals surface area contributed by atoms with Gasteiger partial charge in [-0.1, -0.05) is 11.6 Å². The first kappa shape index (κ1) is 10.6. The molecule has 0 bridgehead atoms. The van der Waals surface area contributed by atoms with E-state index in [-0.39, 0.29) is 6.61 Å². The van der Waals surface area contributed by atoms with Crippen molar-refractivity contribution in [1.82, 2.24) is 19.8 Å². The summed E-state index contributed by atoms with van der Waals surface area (Å²) in [6.07, 6.45) is 1.44. The predicted molar refractivity (Wildman–Crippen MR) is 55.9 cm³/mol. The highest BCUT2D eigenvalue weighted by Crippen LogP contribution is 2.19. The Morgan fingerprint density at radius 3 is 3.00 bits per heavy atom. The van der Waals surface area contributed by atoms with Gasteiger partial charge in [0.25, 0.3) is 0 Å². The lowest BCUT2D eigenvalue weighted by molar-refractivity contribution is 0.328. The second-order valence-electron chi connectivity index (χ2n) is 2.98. The number of hydrogen-bond acceptors (Lipinski definition) is 4. The van der Waals surface area contributed by atoms with Gasteiger partial charge in [0.15, 0.2) is 22.6 Å². The van der Waals surface area contributed by atoms with Crippen LogP contribution < -0.4 is 0 Å². The molecule has 2 aromatic rings. The summed E-state index contributed by atoms with van der Waals surface area (Å²) in [6.45, 7) is 1.93. The molecule has 0 spiro atoms. The first-order chi connectivity index (χ1) is 7.08. The molecule has 0 amide bonds. The maximum absolute atomic E-state index is 10.7. The van der Waals surface area contributed by atoms with E-state index in [9.17, 15) is 4.21 Å². The van der Waals surface area contributed by atoms with Crippen molar-refractivity contribution in [3.05, 3.63) is 16.5 Å². The van der Waals surface area contributed by atoms with Crippen LogP contribution in [0, 0.1) is 6.92 Å². The first-order valence-corrected chi connectivity index (χ1v) is 6.00. The molecule has 2 heterocycles. The highest BCUT2D eigenvalue weighted by molar-refractivity contribution is 7.79. The molecule has 82 valence electrons. The second-order valence-corrected chi connectivity index (χ2v) is 4.39. The van der Waals surface area contributed by atoms with E-state index in [1.165, 1.54) is 10.9 Å². The molecule has 2 aromatic heterocycles. The third-order valence-electron chi connectivity index (χ3n) is 1.80. The minimum atomic E-state index is -1.32. The maximum atomic E-state index is 10.7. The molecule has 0 saturated carbocycles. The molecule has 2 rings (SSSR count). The standard InChI is InChI=1S/C7H9ClN4O2S/c1-4-6(8)7-9-5(3-14-15(2)13)11-12(7)10-4/h10H,3H2,1-2H3. The first-order valence-electron chi connectivity index (χ1n) is 4.14. The molecule has 6 nitrogen and oxygen atoms in total. The molecule has 8 heteroatoms. The summed E-state index contributed by atoms with van der Waals surface area (Å²) in [7, 11) is 0. The van der Waals surface area contributed by atoms with E-state index in [0.29, 0.717) is 16.5 Å².